The van der Waals surface area contributed by atoms with Crippen molar-refractivity contribution in [3.63, 3.8) is 0 Å². The number of carbonyl (C=O) groups is 2. The zero-order valence-electron chi connectivity index (χ0n) is 17.9. The number of hydrogen-bond donors (Lipinski definition) is 2. The summed E-state index contributed by atoms with van der Waals surface area (Å²) in [6.45, 7) is 3.25. The maximum absolute atomic E-state index is 12.7. The van der Waals surface area contributed by atoms with E-state index in [9.17, 15) is 19.0 Å². The van der Waals surface area contributed by atoms with E-state index in [4.69, 9.17) is 10.3 Å². The first-order valence-corrected chi connectivity index (χ1v) is 11.8. The second-order valence-corrected chi connectivity index (χ2v) is 9.19. The molecule has 0 saturated heterocycles. The van der Waals surface area contributed by atoms with Gasteiger partial charge in [-0.05, 0) is 25.6 Å². The number of phosphoric ester groups is 1. The number of carbonyl (C=O) groups excluding carboxylic acids is 2. The predicted octanol–water partition coefficient (Wildman–Crippen LogP) is 3.28. The summed E-state index contributed by atoms with van der Waals surface area (Å²) in [6, 6.07) is 8.63. The topological polar surface area (TPSA) is 145 Å². The molecule has 0 saturated carbocycles. The van der Waals surface area contributed by atoms with E-state index in [1.165, 1.54) is 11.1 Å². The number of amides is 1. The van der Waals surface area contributed by atoms with Gasteiger partial charge in [0, 0.05) is 41.5 Å². The Bertz CT molecular complexity index is 1030. The standard InChI is InChI=1S/C20H25N4O6PS/c1-14(24(13-25)12-17-11-22-15(2)23-19(17)21)18(9-10-30-31(27,28)29-3)32-20(26)16-7-5-4-6-8-16/h4-8,11,13H,9-10,12H2,1-3H3,(H,27,28)(H2,21,22,23)/b18-14-. The minimum Gasteiger partial charge on any atom is -0.383 e. The van der Waals surface area contributed by atoms with Crippen LogP contribution in [-0.2, 0) is 25.0 Å². The maximum Gasteiger partial charge on any atom is 0.471 e. The second kappa shape index (κ2) is 11.9. The maximum atomic E-state index is 12.7. The summed E-state index contributed by atoms with van der Waals surface area (Å²) in [6.07, 6.45) is 2.23. The molecule has 32 heavy (non-hydrogen) atoms. The van der Waals surface area contributed by atoms with E-state index in [1.807, 2.05) is 0 Å². The fourth-order valence-electron chi connectivity index (χ4n) is 2.57. The van der Waals surface area contributed by atoms with E-state index >= 15 is 0 Å². The fourth-order valence-corrected chi connectivity index (χ4v) is 3.93. The minimum absolute atomic E-state index is 0.0858. The highest BCUT2D eigenvalue weighted by molar-refractivity contribution is 8.17. The lowest BCUT2D eigenvalue weighted by Crippen LogP contribution is -2.22. The molecule has 0 bridgehead atoms. The van der Waals surface area contributed by atoms with Crippen molar-refractivity contribution in [2.75, 3.05) is 19.5 Å². The van der Waals surface area contributed by atoms with Gasteiger partial charge in [-0.25, -0.2) is 14.5 Å². The second-order valence-electron chi connectivity index (χ2n) is 6.56. The Kier molecular flexibility index (Phi) is 9.55. The Morgan fingerprint density at radius 3 is 2.62 bits per heavy atom. The number of hydrogen-bond acceptors (Lipinski definition) is 9. The number of phosphoric acid groups is 1. The minimum atomic E-state index is -4.18. The SMILES string of the molecule is COP(=O)(O)OCC/C(SC(=O)c1ccccc1)=C(\C)N(C=O)Cc1cnc(C)nc1N. The largest absolute Gasteiger partial charge is 0.471 e. The molecule has 0 aliphatic heterocycles. The lowest BCUT2D eigenvalue weighted by molar-refractivity contribution is -0.116. The number of allylic oxidation sites excluding steroid dienone is 1. The van der Waals surface area contributed by atoms with Crippen LogP contribution >= 0.6 is 19.6 Å². The first-order valence-electron chi connectivity index (χ1n) is 9.46. The molecule has 2 aromatic rings. The van der Waals surface area contributed by atoms with Gasteiger partial charge in [-0.2, -0.15) is 0 Å². The lowest BCUT2D eigenvalue weighted by Gasteiger charge is -2.22. The Balaban J connectivity index is 2.30. The Morgan fingerprint density at radius 2 is 2.03 bits per heavy atom. The van der Waals surface area contributed by atoms with Crippen LogP contribution in [0.4, 0.5) is 5.82 Å². The molecule has 0 radical (unpaired) electrons. The number of thioether (sulfide) groups is 1. The highest BCUT2D eigenvalue weighted by Crippen LogP contribution is 2.42. The number of nitrogens with two attached hydrogens (primary N) is 1. The first-order chi connectivity index (χ1) is 15.2. The highest BCUT2D eigenvalue weighted by atomic mass is 32.2. The molecular weight excluding hydrogens is 455 g/mol. The van der Waals surface area contributed by atoms with Gasteiger partial charge < -0.3 is 15.5 Å². The zero-order valence-corrected chi connectivity index (χ0v) is 19.6. The Morgan fingerprint density at radius 1 is 1.34 bits per heavy atom. The van der Waals surface area contributed by atoms with Gasteiger partial charge in [0.15, 0.2) is 0 Å². The van der Waals surface area contributed by atoms with Crippen molar-refractivity contribution in [2.45, 2.75) is 26.8 Å². The third kappa shape index (κ3) is 7.54. The van der Waals surface area contributed by atoms with Crippen LogP contribution in [0.1, 0.15) is 35.1 Å². The number of nitrogen functional groups attached to an aromatic ring is 1. The molecule has 10 nitrogen and oxygen atoms in total. The molecule has 0 aliphatic carbocycles. The van der Waals surface area contributed by atoms with E-state index in [0.29, 0.717) is 34.0 Å². The molecule has 1 amide bonds. The Labute approximate surface area is 190 Å². The van der Waals surface area contributed by atoms with Crippen LogP contribution in [0.5, 0.6) is 0 Å². The number of aromatic nitrogens is 2. The summed E-state index contributed by atoms with van der Waals surface area (Å²) in [5, 5.41) is -0.247. The molecule has 1 heterocycles. The van der Waals surface area contributed by atoms with E-state index in [-0.39, 0.29) is 30.5 Å². The van der Waals surface area contributed by atoms with Gasteiger partial charge in [0.2, 0.25) is 11.5 Å². The van der Waals surface area contributed by atoms with Gasteiger partial charge in [0.25, 0.3) is 0 Å². The third-order valence-electron chi connectivity index (χ3n) is 4.36. The van der Waals surface area contributed by atoms with Crippen molar-refractivity contribution in [2.24, 2.45) is 0 Å². The summed E-state index contributed by atoms with van der Waals surface area (Å²) < 4.78 is 20.9. The predicted molar refractivity (Wildman–Crippen MR) is 121 cm³/mol. The molecule has 12 heteroatoms. The molecule has 0 aliphatic rings. The molecule has 172 valence electrons. The molecule has 2 rings (SSSR count). The van der Waals surface area contributed by atoms with Crippen molar-refractivity contribution in [1.82, 2.24) is 14.9 Å². The third-order valence-corrected chi connectivity index (χ3v) is 6.50. The summed E-state index contributed by atoms with van der Waals surface area (Å²) in [7, 11) is -3.13. The molecule has 0 spiro atoms. The average Bonchev–Trinajstić information content (AvgIpc) is 2.78. The van der Waals surface area contributed by atoms with Crippen molar-refractivity contribution < 1.29 is 28.1 Å². The van der Waals surface area contributed by atoms with E-state index in [1.54, 1.807) is 44.2 Å². The van der Waals surface area contributed by atoms with Crippen molar-refractivity contribution in [3.8, 4) is 0 Å². The first kappa shape index (κ1) is 25.7. The quantitative estimate of drug-likeness (QED) is 0.363. The number of rotatable bonds is 11. The van der Waals surface area contributed by atoms with Crippen molar-refractivity contribution in [3.05, 3.63) is 64.1 Å². The molecule has 0 fully saturated rings. The number of aryl methyl sites for hydroxylation is 1. The van der Waals surface area contributed by atoms with Crippen LogP contribution in [0.15, 0.2) is 47.1 Å². The Hall–Kier alpha value is -2.56. The summed E-state index contributed by atoms with van der Waals surface area (Å²) in [4.78, 5) is 44.1. The summed E-state index contributed by atoms with van der Waals surface area (Å²) in [5.41, 5.74) is 7.41. The highest BCUT2D eigenvalue weighted by Gasteiger charge is 2.21. The zero-order chi connectivity index (χ0) is 23.7. The van der Waals surface area contributed by atoms with Crippen LogP contribution in [0.3, 0.4) is 0 Å². The number of benzene rings is 1. The van der Waals surface area contributed by atoms with E-state index in [2.05, 4.69) is 14.5 Å². The molecule has 1 atom stereocenters. The average molecular weight is 480 g/mol. The van der Waals surface area contributed by atoms with Gasteiger partial charge in [-0.15, -0.1) is 0 Å². The van der Waals surface area contributed by atoms with Crippen molar-refractivity contribution in [1.29, 1.82) is 0 Å². The lowest BCUT2D eigenvalue weighted by atomic mass is 10.2. The summed E-state index contributed by atoms with van der Waals surface area (Å²) in [5.74, 6) is 0.751. The molecular formula is C20H25N4O6PS. The van der Waals surface area contributed by atoms with Crippen LogP contribution in [0, 0.1) is 6.92 Å². The number of anilines is 1. The van der Waals surface area contributed by atoms with Gasteiger partial charge in [0.05, 0.1) is 13.2 Å². The van der Waals surface area contributed by atoms with E-state index < -0.39 is 7.82 Å². The van der Waals surface area contributed by atoms with Crippen molar-refractivity contribution >= 4 is 36.9 Å². The smallest absolute Gasteiger partial charge is 0.383 e. The van der Waals surface area contributed by atoms with Gasteiger partial charge in [0.1, 0.15) is 11.6 Å². The number of nitrogens with zero attached hydrogens (tertiary/aromatic N) is 3. The van der Waals surface area contributed by atoms with Gasteiger partial charge in [-0.3, -0.25) is 18.6 Å². The molecule has 1 unspecified atom stereocenters. The molecule has 3 N–H and O–H groups in total. The monoisotopic (exact) mass is 480 g/mol. The van der Waals surface area contributed by atoms with Crippen LogP contribution < -0.4 is 5.73 Å². The molecule has 1 aromatic carbocycles. The van der Waals surface area contributed by atoms with Crippen LogP contribution in [-0.4, -0.2) is 45.0 Å². The normalized spacial score (nSPS) is 13.8. The van der Waals surface area contributed by atoms with Gasteiger partial charge >= 0.3 is 7.82 Å². The van der Waals surface area contributed by atoms with Crippen LogP contribution in [0.2, 0.25) is 0 Å². The molecule has 1 aromatic heterocycles. The van der Waals surface area contributed by atoms with E-state index in [0.717, 1.165) is 18.9 Å². The summed E-state index contributed by atoms with van der Waals surface area (Å²) >= 11 is 0.911. The van der Waals surface area contributed by atoms with Gasteiger partial charge in [-0.1, -0.05) is 30.3 Å². The fraction of sp³-hybridized carbons (Fsp3) is 0.300. The van der Waals surface area contributed by atoms with Crippen LogP contribution in [0.25, 0.3) is 0 Å².